The van der Waals surface area contributed by atoms with Crippen LogP contribution in [0.4, 0.5) is 10.1 Å². The molecule has 7 heteroatoms. The maximum Gasteiger partial charge on any atom is 0.227 e. The predicted molar refractivity (Wildman–Crippen MR) is 101 cm³/mol. The summed E-state index contributed by atoms with van der Waals surface area (Å²) in [4.78, 5) is 16.4. The number of pyridine rings is 1. The van der Waals surface area contributed by atoms with Gasteiger partial charge < -0.3 is 15.4 Å². The largest absolute Gasteiger partial charge is 0.484 e. The highest BCUT2D eigenvalue weighted by Gasteiger charge is 2.24. The maximum atomic E-state index is 14.2. The number of ether oxygens (including phenoxy) is 1. The van der Waals surface area contributed by atoms with Crippen LogP contribution in [0.1, 0.15) is 25.5 Å². The molecule has 0 saturated carbocycles. The second-order valence-corrected chi connectivity index (χ2v) is 6.32. The third-order valence-corrected chi connectivity index (χ3v) is 4.30. The smallest absolute Gasteiger partial charge is 0.227 e. The lowest BCUT2D eigenvalue weighted by Crippen LogP contribution is -2.40. The molecule has 3 rings (SSSR count). The Bertz CT molecular complexity index is 730. The minimum Gasteiger partial charge on any atom is -0.484 e. The topological polar surface area (TPSA) is 63.2 Å². The summed E-state index contributed by atoms with van der Waals surface area (Å²) in [5.41, 5.74) is 1.16. The Hall–Kier alpha value is -2.18. The van der Waals surface area contributed by atoms with Crippen molar-refractivity contribution in [1.82, 2.24) is 10.3 Å². The Morgan fingerprint density at radius 1 is 1.38 bits per heavy atom. The van der Waals surface area contributed by atoms with Crippen LogP contribution in [-0.2, 0) is 11.4 Å². The van der Waals surface area contributed by atoms with Crippen LogP contribution in [0.5, 0.6) is 5.75 Å². The van der Waals surface area contributed by atoms with Crippen molar-refractivity contribution in [2.75, 3.05) is 11.9 Å². The van der Waals surface area contributed by atoms with Crippen LogP contribution in [0.15, 0.2) is 42.6 Å². The second kappa shape index (κ2) is 9.50. The van der Waals surface area contributed by atoms with Crippen LogP contribution in [0.2, 0.25) is 0 Å². The first kappa shape index (κ1) is 20.1. The zero-order valence-corrected chi connectivity index (χ0v) is 15.4. The van der Waals surface area contributed by atoms with Crippen LogP contribution in [0, 0.1) is 11.7 Å². The minimum absolute atomic E-state index is 0. The number of rotatable bonds is 5. The lowest BCUT2D eigenvalue weighted by Gasteiger charge is -2.27. The van der Waals surface area contributed by atoms with Gasteiger partial charge in [-0.15, -0.1) is 12.4 Å². The van der Waals surface area contributed by atoms with Crippen molar-refractivity contribution < 1.29 is 13.9 Å². The summed E-state index contributed by atoms with van der Waals surface area (Å²) >= 11 is 0. The number of anilines is 1. The van der Waals surface area contributed by atoms with Crippen molar-refractivity contribution in [2.24, 2.45) is 5.92 Å². The Kier molecular flexibility index (Phi) is 7.36. The molecule has 1 aromatic heterocycles. The van der Waals surface area contributed by atoms with Crippen molar-refractivity contribution in [2.45, 2.75) is 32.4 Å². The molecule has 0 unspecified atom stereocenters. The van der Waals surface area contributed by atoms with Gasteiger partial charge in [0.05, 0.1) is 5.69 Å². The molecule has 0 spiro atoms. The number of hydrogen-bond donors (Lipinski definition) is 2. The van der Waals surface area contributed by atoms with Gasteiger partial charge in [0.15, 0.2) is 11.6 Å². The summed E-state index contributed by atoms with van der Waals surface area (Å²) in [6.07, 6.45) is 3.25. The van der Waals surface area contributed by atoms with E-state index in [4.69, 9.17) is 4.74 Å². The number of halogens is 2. The number of aromatic nitrogens is 1. The zero-order valence-electron chi connectivity index (χ0n) is 14.6. The van der Waals surface area contributed by atoms with Gasteiger partial charge in [-0.2, -0.15) is 0 Å². The number of hydrogen-bond acceptors (Lipinski definition) is 4. The molecule has 2 atom stereocenters. The highest BCUT2D eigenvalue weighted by atomic mass is 35.5. The minimum atomic E-state index is -0.507. The molecule has 2 aromatic rings. The van der Waals surface area contributed by atoms with Gasteiger partial charge >= 0.3 is 0 Å². The lowest BCUT2D eigenvalue weighted by atomic mass is 9.92. The van der Waals surface area contributed by atoms with E-state index in [0.717, 1.165) is 25.1 Å². The molecular weight excluding hydrogens is 357 g/mol. The average molecular weight is 380 g/mol. The van der Waals surface area contributed by atoms with Gasteiger partial charge in [-0.3, -0.25) is 9.78 Å². The fourth-order valence-electron chi connectivity index (χ4n) is 2.95. The van der Waals surface area contributed by atoms with Gasteiger partial charge in [0.1, 0.15) is 6.61 Å². The third kappa shape index (κ3) is 5.41. The first-order valence-corrected chi connectivity index (χ1v) is 8.48. The van der Waals surface area contributed by atoms with Gasteiger partial charge in [-0.25, -0.2) is 4.39 Å². The zero-order chi connectivity index (χ0) is 17.6. The number of nitrogens with zero attached hydrogens (tertiary/aromatic N) is 1. The first-order valence-electron chi connectivity index (χ1n) is 8.48. The standard InChI is InChI=1S/C19H22FN3O2.ClH/c1-13-10-14(7-9-21-13)19(24)23-15-5-6-18(17(20)11-15)25-12-16-4-2-3-8-22-16;/h2-6,8,11,13-14,21H,7,9-10,12H2,1H3,(H,23,24);1H/t13-,14-;/m0./s1. The molecule has 1 saturated heterocycles. The van der Waals surface area contributed by atoms with E-state index >= 15 is 0 Å². The number of nitrogens with one attached hydrogen (secondary N) is 2. The fourth-order valence-corrected chi connectivity index (χ4v) is 2.95. The van der Waals surface area contributed by atoms with Crippen LogP contribution in [0.3, 0.4) is 0 Å². The molecule has 5 nitrogen and oxygen atoms in total. The van der Waals surface area contributed by atoms with Crippen molar-refractivity contribution >= 4 is 24.0 Å². The molecule has 140 valence electrons. The highest BCUT2D eigenvalue weighted by Crippen LogP contribution is 2.24. The third-order valence-electron chi connectivity index (χ3n) is 4.30. The van der Waals surface area contributed by atoms with E-state index in [9.17, 15) is 9.18 Å². The summed E-state index contributed by atoms with van der Waals surface area (Å²) in [6, 6.07) is 10.3. The number of carbonyl (C=O) groups excluding carboxylic acids is 1. The molecule has 2 heterocycles. The molecule has 0 radical (unpaired) electrons. The van der Waals surface area contributed by atoms with Crippen LogP contribution >= 0.6 is 12.4 Å². The quantitative estimate of drug-likeness (QED) is 0.834. The van der Waals surface area contributed by atoms with E-state index in [1.54, 1.807) is 12.3 Å². The van der Waals surface area contributed by atoms with Crippen molar-refractivity contribution in [1.29, 1.82) is 0 Å². The normalized spacial score (nSPS) is 19.3. The Morgan fingerprint density at radius 3 is 2.92 bits per heavy atom. The SMILES string of the molecule is C[C@H]1C[C@@H](C(=O)Nc2ccc(OCc3ccccn3)c(F)c2)CCN1.Cl. The summed E-state index contributed by atoms with van der Waals surface area (Å²) in [6.45, 7) is 3.08. The maximum absolute atomic E-state index is 14.2. The van der Waals surface area contributed by atoms with Crippen molar-refractivity contribution in [3.8, 4) is 5.75 Å². The van der Waals surface area contributed by atoms with E-state index in [1.165, 1.54) is 12.1 Å². The molecule has 1 fully saturated rings. The van der Waals surface area contributed by atoms with Crippen molar-refractivity contribution in [3.63, 3.8) is 0 Å². The van der Waals surface area contributed by atoms with E-state index in [1.807, 2.05) is 18.2 Å². The summed E-state index contributed by atoms with van der Waals surface area (Å²) in [5, 5.41) is 6.11. The van der Waals surface area contributed by atoms with Gasteiger partial charge in [-0.1, -0.05) is 6.07 Å². The number of piperidine rings is 1. The van der Waals surface area contributed by atoms with Gasteiger partial charge in [-0.05, 0) is 50.6 Å². The molecular formula is C19H23ClFN3O2. The monoisotopic (exact) mass is 379 g/mol. The first-order chi connectivity index (χ1) is 12.1. The van der Waals surface area contributed by atoms with E-state index < -0.39 is 5.82 Å². The molecule has 26 heavy (non-hydrogen) atoms. The summed E-state index contributed by atoms with van der Waals surface area (Å²) in [5.74, 6) is -0.471. The summed E-state index contributed by atoms with van der Waals surface area (Å²) < 4.78 is 19.7. The number of amides is 1. The predicted octanol–water partition coefficient (Wildman–Crippen LogP) is 3.55. The van der Waals surface area contributed by atoms with Crippen LogP contribution < -0.4 is 15.4 Å². The van der Waals surface area contributed by atoms with Crippen LogP contribution in [-0.4, -0.2) is 23.5 Å². The molecule has 1 amide bonds. The van der Waals surface area contributed by atoms with E-state index in [0.29, 0.717) is 11.7 Å². The molecule has 0 aliphatic carbocycles. The summed E-state index contributed by atoms with van der Waals surface area (Å²) in [7, 11) is 0. The van der Waals surface area contributed by atoms with Gasteiger partial charge in [0, 0.05) is 29.9 Å². The number of carbonyl (C=O) groups is 1. The van der Waals surface area contributed by atoms with Crippen LogP contribution in [0.25, 0.3) is 0 Å². The molecule has 1 aliphatic heterocycles. The van der Waals surface area contributed by atoms with Gasteiger partial charge in [0.2, 0.25) is 5.91 Å². The lowest BCUT2D eigenvalue weighted by molar-refractivity contribution is -0.120. The van der Waals surface area contributed by atoms with E-state index in [2.05, 4.69) is 22.5 Å². The Labute approximate surface area is 158 Å². The molecule has 1 aromatic carbocycles. The molecule has 0 bridgehead atoms. The van der Waals surface area contributed by atoms with Crippen molar-refractivity contribution in [3.05, 3.63) is 54.1 Å². The van der Waals surface area contributed by atoms with Gasteiger partial charge in [0.25, 0.3) is 0 Å². The average Bonchev–Trinajstić information content (AvgIpc) is 2.62. The second-order valence-electron chi connectivity index (χ2n) is 6.32. The Balaban J connectivity index is 0.00000243. The molecule has 2 N–H and O–H groups in total. The highest BCUT2D eigenvalue weighted by molar-refractivity contribution is 5.92. The fraction of sp³-hybridized carbons (Fsp3) is 0.368. The van der Waals surface area contributed by atoms with E-state index in [-0.39, 0.29) is 36.6 Å². The Morgan fingerprint density at radius 2 is 2.23 bits per heavy atom. The number of benzene rings is 1. The molecule has 1 aliphatic rings.